The lowest BCUT2D eigenvalue weighted by Crippen LogP contribution is -2.18. The molecule has 0 aliphatic carbocycles. The quantitative estimate of drug-likeness (QED) is 0.864. The Hall–Kier alpha value is -0.740. The van der Waals surface area contributed by atoms with E-state index < -0.39 is 12.2 Å². The van der Waals surface area contributed by atoms with E-state index in [0.717, 1.165) is 5.56 Å². The van der Waals surface area contributed by atoms with E-state index in [1.54, 1.807) is 18.2 Å². The predicted molar refractivity (Wildman–Crippen MR) is 58.7 cm³/mol. The Bertz CT molecular complexity index is 332. The number of carbonyl (C=O) groups is 1. The molecule has 1 rings (SSSR count). The van der Waals surface area contributed by atoms with Gasteiger partial charge in [-0.3, -0.25) is 0 Å². The number of amides is 1. The first kappa shape index (κ1) is 11.3. The molecule has 0 aliphatic rings. The zero-order valence-corrected chi connectivity index (χ0v) is 9.59. The topological polar surface area (TPSA) is 52.3 Å². The predicted octanol–water partition coefficient (Wildman–Crippen LogP) is 2.87. The number of carbonyl (C=O) groups excluding carboxylic acids is 1. The highest BCUT2D eigenvalue weighted by Crippen LogP contribution is 2.26. The van der Waals surface area contributed by atoms with Crippen LogP contribution < -0.4 is 5.73 Å². The zero-order chi connectivity index (χ0) is 10.6. The van der Waals surface area contributed by atoms with Crippen molar-refractivity contribution in [2.45, 2.75) is 6.10 Å². The summed E-state index contributed by atoms with van der Waals surface area (Å²) in [5.41, 5.74) is 5.67. The molecule has 0 heterocycles. The summed E-state index contributed by atoms with van der Waals surface area (Å²) in [6.07, 6.45) is -1.25. The van der Waals surface area contributed by atoms with E-state index in [1.807, 2.05) is 6.07 Å². The summed E-state index contributed by atoms with van der Waals surface area (Å²) in [5.74, 6) is 0. The molecule has 2 N–H and O–H groups in total. The van der Waals surface area contributed by atoms with Gasteiger partial charge in [0.15, 0.2) is 0 Å². The maximum atomic E-state index is 10.6. The first-order valence-corrected chi connectivity index (χ1v) is 5.41. The Morgan fingerprint density at radius 2 is 2.21 bits per heavy atom. The monoisotopic (exact) mass is 277 g/mol. The maximum absolute atomic E-state index is 10.6. The van der Waals surface area contributed by atoms with E-state index in [4.69, 9.17) is 22.1 Å². The van der Waals surface area contributed by atoms with Crippen LogP contribution in [-0.4, -0.2) is 11.4 Å². The van der Waals surface area contributed by atoms with Gasteiger partial charge in [0.1, 0.15) is 6.10 Å². The average Bonchev–Trinajstić information content (AvgIpc) is 2.15. The molecule has 0 aliphatic heterocycles. The van der Waals surface area contributed by atoms with Crippen molar-refractivity contribution in [3.05, 3.63) is 34.9 Å². The van der Waals surface area contributed by atoms with Gasteiger partial charge in [-0.2, -0.15) is 0 Å². The van der Waals surface area contributed by atoms with Crippen LogP contribution in [0.5, 0.6) is 0 Å². The van der Waals surface area contributed by atoms with E-state index in [0.29, 0.717) is 10.4 Å². The highest BCUT2D eigenvalue weighted by molar-refractivity contribution is 9.09. The number of nitrogens with two attached hydrogens (primary N) is 1. The third-order valence-corrected chi connectivity index (χ3v) is 2.58. The normalized spacial score (nSPS) is 12.1. The van der Waals surface area contributed by atoms with Crippen LogP contribution >= 0.6 is 27.5 Å². The molecule has 1 amide bonds. The van der Waals surface area contributed by atoms with Crippen LogP contribution in [0.1, 0.15) is 11.7 Å². The van der Waals surface area contributed by atoms with Crippen molar-refractivity contribution in [1.29, 1.82) is 0 Å². The molecule has 0 spiro atoms. The van der Waals surface area contributed by atoms with Gasteiger partial charge >= 0.3 is 6.09 Å². The van der Waals surface area contributed by atoms with Gasteiger partial charge < -0.3 is 10.5 Å². The maximum Gasteiger partial charge on any atom is 0.405 e. The van der Waals surface area contributed by atoms with Crippen molar-refractivity contribution in [1.82, 2.24) is 0 Å². The van der Waals surface area contributed by atoms with Crippen LogP contribution in [0.25, 0.3) is 0 Å². The van der Waals surface area contributed by atoms with E-state index in [1.165, 1.54) is 0 Å². The lowest BCUT2D eigenvalue weighted by molar-refractivity contribution is 0.119. The number of rotatable bonds is 3. The molecule has 0 aromatic heterocycles. The largest absolute Gasteiger partial charge is 0.441 e. The third kappa shape index (κ3) is 2.89. The molecule has 14 heavy (non-hydrogen) atoms. The van der Waals surface area contributed by atoms with Crippen molar-refractivity contribution in [2.24, 2.45) is 5.73 Å². The minimum atomic E-state index is -0.811. The van der Waals surface area contributed by atoms with E-state index >= 15 is 0 Å². The molecule has 76 valence electrons. The second-order valence-corrected chi connectivity index (χ2v) is 3.66. The molecule has 1 aromatic rings. The van der Waals surface area contributed by atoms with Crippen molar-refractivity contribution >= 4 is 33.6 Å². The van der Waals surface area contributed by atoms with Crippen LogP contribution in [0.4, 0.5) is 4.79 Å². The molecule has 1 aromatic carbocycles. The highest BCUT2D eigenvalue weighted by Gasteiger charge is 2.15. The Labute approximate surface area is 95.3 Å². The van der Waals surface area contributed by atoms with Gasteiger partial charge in [-0.25, -0.2) is 4.79 Å². The number of alkyl halides is 1. The van der Waals surface area contributed by atoms with Gasteiger partial charge in [0.25, 0.3) is 0 Å². The number of hydrogen-bond acceptors (Lipinski definition) is 2. The second kappa shape index (κ2) is 5.22. The molecule has 0 radical (unpaired) electrons. The molecule has 1 atom stereocenters. The summed E-state index contributed by atoms with van der Waals surface area (Å²) >= 11 is 9.15. The summed E-state index contributed by atoms with van der Waals surface area (Å²) in [6.45, 7) is 0. The average molecular weight is 279 g/mol. The van der Waals surface area contributed by atoms with Crippen molar-refractivity contribution < 1.29 is 9.53 Å². The number of benzene rings is 1. The molecular weight excluding hydrogens is 269 g/mol. The molecular formula is C9H9BrClNO2. The fourth-order valence-electron chi connectivity index (χ4n) is 1.05. The number of halogens is 2. The first-order chi connectivity index (χ1) is 6.65. The third-order valence-electron chi connectivity index (χ3n) is 1.65. The fraction of sp³-hybridized carbons (Fsp3) is 0.222. The molecule has 0 saturated carbocycles. The van der Waals surface area contributed by atoms with Gasteiger partial charge in [-0.05, 0) is 6.07 Å². The van der Waals surface area contributed by atoms with Crippen molar-refractivity contribution in [2.75, 3.05) is 5.33 Å². The summed E-state index contributed by atoms with van der Waals surface area (Å²) in [7, 11) is 0. The Kier molecular flexibility index (Phi) is 4.22. The van der Waals surface area contributed by atoms with Gasteiger partial charge in [-0.15, -0.1) is 0 Å². The minimum absolute atomic E-state index is 0.443. The van der Waals surface area contributed by atoms with E-state index in [2.05, 4.69) is 15.9 Å². The number of ether oxygens (including phenoxy) is 1. The second-order valence-electron chi connectivity index (χ2n) is 2.60. The highest BCUT2D eigenvalue weighted by atomic mass is 79.9. The molecule has 0 bridgehead atoms. The lowest BCUT2D eigenvalue weighted by atomic mass is 10.1. The Balaban J connectivity index is 2.89. The number of hydrogen-bond donors (Lipinski definition) is 1. The summed E-state index contributed by atoms with van der Waals surface area (Å²) in [6, 6.07) is 7.15. The van der Waals surface area contributed by atoms with Crippen LogP contribution in [-0.2, 0) is 4.74 Å². The van der Waals surface area contributed by atoms with E-state index in [9.17, 15) is 4.79 Å². The van der Waals surface area contributed by atoms with Gasteiger partial charge in [0, 0.05) is 15.9 Å². The molecule has 5 heteroatoms. The summed E-state index contributed by atoms with van der Waals surface area (Å²) < 4.78 is 4.87. The summed E-state index contributed by atoms with van der Waals surface area (Å²) in [5, 5.41) is 1.01. The standard InChI is InChI=1S/C9H9BrClNO2/c10-5-8(14-9(12)13)6-3-1-2-4-7(6)11/h1-4,8H,5H2,(H2,12,13). The molecule has 3 nitrogen and oxygen atoms in total. The van der Waals surface area contributed by atoms with Gasteiger partial charge in [-0.1, -0.05) is 45.7 Å². The van der Waals surface area contributed by atoms with E-state index in [-0.39, 0.29) is 0 Å². The van der Waals surface area contributed by atoms with Crippen molar-refractivity contribution in [3.63, 3.8) is 0 Å². The Morgan fingerprint density at radius 3 is 2.71 bits per heavy atom. The first-order valence-electron chi connectivity index (χ1n) is 3.91. The smallest absolute Gasteiger partial charge is 0.405 e. The Morgan fingerprint density at radius 1 is 1.57 bits per heavy atom. The number of primary amides is 1. The minimum Gasteiger partial charge on any atom is -0.441 e. The molecule has 0 saturated heterocycles. The van der Waals surface area contributed by atoms with Crippen molar-refractivity contribution in [3.8, 4) is 0 Å². The van der Waals surface area contributed by atoms with Crippen LogP contribution in [0.15, 0.2) is 24.3 Å². The van der Waals surface area contributed by atoms with Crippen LogP contribution in [0.2, 0.25) is 5.02 Å². The molecule has 1 unspecified atom stereocenters. The fourth-order valence-corrected chi connectivity index (χ4v) is 1.79. The summed E-state index contributed by atoms with van der Waals surface area (Å²) in [4.78, 5) is 10.6. The molecule has 0 fully saturated rings. The van der Waals surface area contributed by atoms with Gasteiger partial charge in [0.05, 0.1) is 0 Å². The SMILES string of the molecule is NC(=O)OC(CBr)c1ccccc1Cl. The van der Waals surface area contributed by atoms with Crippen LogP contribution in [0, 0.1) is 0 Å². The van der Waals surface area contributed by atoms with Gasteiger partial charge in [0.2, 0.25) is 0 Å². The van der Waals surface area contributed by atoms with Crippen LogP contribution in [0.3, 0.4) is 0 Å². The zero-order valence-electron chi connectivity index (χ0n) is 7.24. The lowest BCUT2D eigenvalue weighted by Gasteiger charge is -2.15.